The van der Waals surface area contributed by atoms with Crippen molar-refractivity contribution in [3.05, 3.63) is 64.8 Å². The highest BCUT2D eigenvalue weighted by molar-refractivity contribution is 5.36. The SMILES string of the molecule is C=C(CCC=C(C)C)C1CC=C(C)CC1.CCC(O)CCC(C)C.Cc1ccc(C(C)C)cc1O. The van der Waals surface area contributed by atoms with E-state index in [-0.39, 0.29) is 6.10 Å². The van der Waals surface area contributed by atoms with Gasteiger partial charge in [0.2, 0.25) is 0 Å². The summed E-state index contributed by atoms with van der Waals surface area (Å²) in [5.74, 6) is 2.36. The van der Waals surface area contributed by atoms with Gasteiger partial charge >= 0.3 is 0 Å². The van der Waals surface area contributed by atoms with Gasteiger partial charge in [0, 0.05) is 0 Å². The third-order valence-corrected chi connectivity index (χ3v) is 6.68. The van der Waals surface area contributed by atoms with Crippen molar-refractivity contribution in [1.29, 1.82) is 0 Å². The molecule has 0 saturated carbocycles. The molecule has 200 valence electrons. The number of rotatable bonds is 9. The van der Waals surface area contributed by atoms with Crippen LogP contribution in [0.1, 0.15) is 124 Å². The van der Waals surface area contributed by atoms with Gasteiger partial charge in [-0.2, -0.15) is 0 Å². The quantitative estimate of drug-likeness (QED) is 0.342. The summed E-state index contributed by atoms with van der Waals surface area (Å²) in [5, 5.41) is 18.5. The van der Waals surface area contributed by atoms with E-state index in [0.29, 0.717) is 11.7 Å². The third-order valence-electron chi connectivity index (χ3n) is 6.68. The third kappa shape index (κ3) is 16.5. The number of aliphatic hydroxyl groups is 1. The molecule has 35 heavy (non-hydrogen) atoms. The summed E-state index contributed by atoms with van der Waals surface area (Å²) >= 11 is 0. The predicted molar refractivity (Wildman–Crippen MR) is 156 cm³/mol. The van der Waals surface area contributed by atoms with Crippen molar-refractivity contribution in [1.82, 2.24) is 0 Å². The maximum Gasteiger partial charge on any atom is 0.118 e. The van der Waals surface area contributed by atoms with E-state index in [2.05, 4.69) is 73.3 Å². The Bertz CT molecular complexity index is 778. The maximum absolute atomic E-state index is 9.35. The molecule has 0 bridgehead atoms. The Morgan fingerprint density at radius 3 is 2.23 bits per heavy atom. The molecule has 1 aromatic carbocycles. The summed E-state index contributed by atoms with van der Waals surface area (Å²) in [6, 6.07) is 5.84. The Morgan fingerprint density at radius 2 is 1.77 bits per heavy atom. The zero-order valence-electron chi connectivity index (χ0n) is 24.5. The molecule has 2 unspecified atom stereocenters. The van der Waals surface area contributed by atoms with Crippen LogP contribution in [-0.2, 0) is 0 Å². The van der Waals surface area contributed by atoms with Gasteiger partial charge < -0.3 is 10.2 Å². The van der Waals surface area contributed by atoms with Crippen LogP contribution in [0, 0.1) is 18.8 Å². The van der Waals surface area contributed by atoms with Crippen molar-refractivity contribution in [2.45, 2.75) is 126 Å². The van der Waals surface area contributed by atoms with Crippen LogP contribution in [0.3, 0.4) is 0 Å². The van der Waals surface area contributed by atoms with E-state index >= 15 is 0 Å². The monoisotopic (exact) mass is 484 g/mol. The van der Waals surface area contributed by atoms with Gasteiger partial charge in [0.25, 0.3) is 0 Å². The Hall–Kier alpha value is -1.80. The van der Waals surface area contributed by atoms with Gasteiger partial charge in [-0.1, -0.05) is 82.2 Å². The molecular weight excluding hydrogens is 428 g/mol. The number of hydrogen-bond donors (Lipinski definition) is 2. The molecule has 2 rings (SSSR count). The standard InChI is InChI=1S/C15H24.C10H14O.C8H18O/c1-12(2)6-5-7-14(4)15-10-8-13(3)9-11-15;1-7(2)9-5-4-8(3)10(11)6-9;1-4-8(9)6-5-7(2)3/h6,8,15H,4-5,7,9-11H2,1-3H3;4-7,11H,1-3H3;7-9H,4-6H2,1-3H3. The van der Waals surface area contributed by atoms with Crippen molar-refractivity contribution < 1.29 is 10.2 Å². The fourth-order valence-electron chi connectivity index (χ4n) is 3.80. The van der Waals surface area contributed by atoms with Crippen molar-refractivity contribution in [2.24, 2.45) is 11.8 Å². The van der Waals surface area contributed by atoms with Gasteiger partial charge in [-0.25, -0.2) is 0 Å². The zero-order chi connectivity index (χ0) is 27.0. The first-order valence-corrected chi connectivity index (χ1v) is 13.8. The average molecular weight is 485 g/mol. The molecule has 1 aliphatic rings. The number of hydrogen-bond acceptors (Lipinski definition) is 2. The number of aromatic hydroxyl groups is 1. The van der Waals surface area contributed by atoms with Crippen LogP contribution in [0.25, 0.3) is 0 Å². The molecule has 1 aromatic rings. The molecule has 2 N–H and O–H groups in total. The highest BCUT2D eigenvalue weighted by Crippen LogP contribution is 2.30. The van der Waals surface area contributed by atoms with E-state index in [1.165, 1.54) is 48.8 Å². The van der Waals surface area contributed by atoms with Crippen LogP contribution >= 0.6 is 0 Å². The molecule has 0 amide bonds. The van der Waals surface area contributed by atoms with Gasteiger partial charge in [-0.05, 0) is 114 Å². The van der Waals surface area contributed by atoms with Gasteiger partial charge in [0.1, 0.15) is 5.75 Å². The van der Waals surface area contributed by atoms with Crippen LogP contribution in [0.4, 0.5) is 0 Å². The molecule has 0 radical (unpaired) electrons. The number of phenolic OH excluding ortho intramolecular Hbond substituents is 1. The second-order valence-corrected chi connectivity index (χ2v) is 11.2. The summed E-state index contributed by atoms with van der Waals surface area (Å²) < 4.78 is 0. The Morgan fingerprint density at radius 1 is 1.11 bits per heavy atom. The van der Waals surface area contributed by atoms with E-state index < -0.39 is 0 Å². The fraction of sp³-hybridized carbons (Fsp3) is 0.636. The minimum atomic E-state index is -0.0626. The molecule has 0 aliphatic heterocycles. The van der Waals surface area contributed by atoms with Gasteiger partial charge in [0.15, 0.2) is 0 Å². The van der Waals surface area contributed by atoms with Crippen LogP contribution in [0.2, 0.25) is 0 Å². The highest BCUT2D eigenvalue weighted by atomic mass is 16.3. The van der Waals surface area contributed by atoms with Crippen LogP contribution in [0.15, 0.2) is 53.6 Å². The normalized spacial score (nSPS) is 15.9. The van der Waals surface area contributed by atoms with Crippen molar-refractivity contribution in [3.8, 4) is 5.75 Å². The number of aliphatic hydroxyl groups excluding tert-OH is 1. The zero-order valence-corrected chi connectivity index (χ0v) is 24.5. The second kappa shape index (κ2) is 18.5. The van der Waals surface area contributed by atoms with Crippen LogP contribution in [-0.4, -0.2) is 16.3 Å². The Balaban J connectivity index is 0.000000515. The van der Waals surface area contributed by atoms with Crippen molar-refractivity contribution in [2.75, 3.05) is 0 Å². The summed E-state index contributed by atoms with van der Waals surface area (Å²) in [4.78, 5) is 0. The molecule has 0 fully saturated rings. The molecule has 0 aromatic heterocycles. The van der Waals surface area contributed by atoms with Crippen LogP contribution < -0.4 is 0 Å². The molecule has 0 spiro atoms. The Labute approximate surface area is 218 Å². The van der Waals surface area contributed by atoms with E-state index in [4.69, 9.17) is 5.11 Å². The summed E-state index contributed by atoms with van der Waals surface area (Å²) in [6.07, 6.45) is 13.8. The van der Waals surface area contributed by atoms with Gasteiger partial charge in [-0.15, -0.1) is 0 Å². The number of benzene rings is 1. The van der Waals surface area contributed by atoms with Gasteiger partial charge in [0.05, 0.1) is 6.10 Å². The van der Waals surface area contributed by atoms with E-state index in [0.717, 1.165) is 36.7 Å². The topological polar surface area (TPSA) is 40.5 Å². The van der Waals surface area contributed by atoms with Gasteiger partial charge in [-0.3, -0.25) is 0 Å². The lowest BCUT2D eigenvalue weighted by Gasteiger charge is -2.22. The summed E-state index contributed by atoms with van der Waals surface area (Å²) in [5.41, 5.74) is 6.56. The minimum absolute atomic E-state index is 0.0626. The van der Waals surface area contributed by atoms with Crippen molar-refractivity contribution >= 4 is 0 Å². The lowest BCUT2D eigenvalue weighted by atomic mass is 9.84. The van der Waals surface area contributed by atoms with Crippen molar-refractivity contribution in [3.63, 3.8) is 0 Å². The average Bonchev–Trinajstić information content (AvgIpc) is 2.80. The fourth-order valence-corrected chi connectivity index (χ4v) is 3.80. The summed E-state index contributed by atoms with van der Waals surface area (Å²) in [7, 11) is 0. The lowest BCUT2D eigenvalue weighted by Crippen LogP contribution is -2.07. The Kier molecular flexibility index (Phi) is 17.5. The largest absolute Gasteiger partial charge is 0.508 e. The highest BCUT2D eigenvalue weighted by Gasteiger charge is 2.14. The molecular formula is C33H56O2. The smallest absolute Gasteiger partial charge is 0.118 e. The lowest BCUT2D eigenvalue weighted by molar-refractivity contribution is 0.152. The first-order valence-electron chi connectivity index (χ1n) is 13.8. The molecule has 0 saturated heterocycles. The number of phenols is 1. The molecule has 2 nitrogen and oxygen atoms in total. The molecule has 1 aliphatic carbocycles. The minimum Gasteiger partial charge on any atom is -0.508 e. The first kappa shape index (κ1) is 33.2. The van der Waals surface area contributed by atoms with E-state index in [9.17, 15) is 5.11 Å². The predicted octanol–water partition coefficient (Wildman–Crippen LogP) is 10.1. The molecule has 2 heteroatoms. The van der Waals surface area contributed by atoms with E-state index in [1.807, 2.05) is 26.0 Å². The van der Waals surface area contributed by atoms with E-state index in [1.54, 1.807) is 5.57 Å². The maximum atomic E-state index is 9.35. The molecule has 0 heterocycles. The second-order valence-electron chi connectivity index (χ2n) is 11.2. The number of allylic oxidation sites excluding steroid dienone is 5. The molecule has 2 atom stereocenters. The number of aryl methyl sites for hydroxylation is 1. The first-order chi connectivity index (χ1) is 16.4. The summed E-state index contributed by atoms with van der Waals surface area (Å²) in [6.45, 7) is 23.3. The van der Waals surface area contributed by atoms with Crippen LogP contribution in [0.5, 0.6) is 5.75 Å².